The molecule has 5 atom stereocenters. The van der Waals surface area contributed by atoms with Crippen LogP contribution in [0.4, 0.5) is 0 Å². The smallest absolute Gasteiger partial charge is 0.341 e. The van der Waals surface area contributed by atoms with Gasteiger partial charge in [-0.1, -0.05) is 34.1 Å². The second-order valence-electron chi connectivity index (χ2n) is 10.7. The predicted octanol–water partition coefficient (Wildman–Crippen LogP) is 5.28. The van der Waals surface area contributed by atoms with E-state index in [1.165, 1.54) is 12.8 Å². The predicted molar refractivity (Wildman–Crippen MR) is 113 cm³/mol. The second-order valence-corrected chi connectivity index (χ2v) is 15.4. The van der Waals surface area contributed by atoms with Crippen LogP contribution in [-0.2, 0) is 18.8 Å². The van der Waals surface area contributed by atoms with E-state index in [1.54, 1.807) is 6.92 Å². The Morgan fingerprint density at radius 2 is 1.82 bits per heavy atom. The van der Waals surface area contributed by atoms with Gasteiger partial charge in [-0.15, -0.1) is 0 Å². The Morgan fingerprint density at radius 3 is 2.43 bits per heavy atom. The van der Waals surface area contributed by atoms with Crippen molar-refractivity contribution < 1.29 is 18.8 Å². The van der Waals surface area contributed by atoms with E-state index >= 15 is 0 Å². The monoisotopic (exact) mass is 406 g/mol. The fourth-order valence-corrected chi connectivity index (χ4v) is 6.68. The maximum Gasteiger partial charge on any atom is 0.341 e. The van der Waals surface area contributed by atoms with Crippen LogP contribution in [0.15, 0.2) is 11.1 Å². The number of allylic oxidation sites excluding steroid dienone is 1. The number of ether oxygens (including phenoxy) is 1. The van der Waals surface area contributed by atoms with Gasteiger partial charge in [-0.05, 0) is 73.6 Å². The lowest BCUT2D eigenvalue weighted by Crippen LogP contribution is -2.46. The average Bonchev–Trinajstić information content (AvgIpc) is 3.02. The fraction of sp³-hybridized carbons (Fsp3) is 0.826. The molecular weight excluding hydrogens is 368 g/mol. The summed E-state index contributed by atoms with van der Waals surface area (Å²) in [6.07, 6.45) is 4.82. The van der Waals surface area contributed by atoms with Crippen LogP contribution < -0.4 is 0 Å². The first kappa shape index (κ1) is 21.8. The molecule has 5 heteroatoms. The first-order valence-electron chi connectivity index (χ1n) is 11.1. The zero-order chi connectivity index (χ0) is 20.9. The molecule has 0 saturated heterocycles. The van der Waals surface area contributed by atoms with Crippen LogP contribution in [0.3, 0.4) is 0 Å². The summed E-state index contributed by atoms with van der Waals surface area (Å²) in [5.41, 5.74) is 1.45. The fourth-order valence-electron chi connectivity index (χ4n) is 5.29. The number of rotatable bonds is 4. The molecule has 0 unspecified atom stereocenters. The number of carbonyl (C=O) groups is 2. The minimum absolute atomic E-state index is 0.0198. The van der Waals surface area contributed by atoms with Gasteiger partial charge in [0, 0.05) is 12.5 Å². The molecule has 0 aromatic carbocycles. The van der Waals surface area contributed by atoms with E-state index in [1.807, 2.05) is 0 Å². The Kier molecular flexibility index (Phi) is 5.99. The zero-order valence-electron chi connectivity index (χ0n) is 18.8. The summed E-state index contributed by atoms with van der Waals surface area (Å²) in [5, 5.41) is 0.166. The van der Waals surface area contributed by atoms with E-state index in [4.69, 9.17) is 9.16 Å². The SMILES string of the molecule is CCOC(=O)C1=C2C[C@H]3[C@@H](CC[C@H]3C)[C@H](O[Si](C)(C)C(C)(C)C)C[C@@H]2CC1=O. The molecule has 0 amide bonds. The van der Waals surface area contributed by atoms with Crippen LogP contribution in [0.2, 0.25) is 18.1 Å². The topological polar surface area (TPSA) is 52.6 Å². The van der Waals surface area contributed by atoms with Crippen LogP contribution in [-0.4, -0.2) is 32.8 Å². The average molecular weight is 407 g/mol. The van der Waals surface area contributed by atoms with Gasteiger partial charge in [0.05, 0.1) is 6.61 Å². The van der Waals surface area contributed by atoms with Gasteiger partial charge < -0.3 is 9.16 Å². The van der Waals surface area contributed by atoms with Gasteiger partial charge in [0.2, 0.25) is 0 Å². The van der Waals surface area contributed by atoms with Crippen LogP contribution in [0.5, 0.6) is 0 Å². The molecule has 28 heavy (non-hydrogen) atoms. The van der Waals surface area contributed by atoms with Crippen molar-refractivity contribution in [2.75, 3.05) is 6.61 Å². The molecule has 0 N–H and O–H groups in total. The number of hydrogen-bond donors (Lipinski definition) is 0. The number of fused-ring (bicyclic) bond motifs is 2. The summed E-state index contributed by atoms with van der Waals surface area (Å²) in [6.45, 7) is 15.9. The Balaban J connectivity index is 1.95. The maximum atomic E-state index is 12.7. The summed E-state index contributed by atoms with van der Waals surface area (Å²) >= 11 is 0. The van der Waals surface area contributed by atoms with Crippen molar-refractivity contribution in [1.29, 1.82) is 0 Å². The van der Waals surface area contributed by atoms with Crippen molar-refractivity contribution in [3.8, 4) is 0 Å². The van der Waals surface area contributed by atoms with Crippen LogP contribution in [0.25, 0.3) is 0 Å². The number of esters is 1. The summed E-state index contributed by atoms with van der Waals surface area (Å²) in [6, 6.07) is 0. The third-order valence-corrected chi connectivity index (χ3v) is 12.4. The number of Topliss-reactive ketones (excluding diaryl/α,β-unsaturated/α-hetero) is 1. The first-order chi connectivity index (χ1) is 13.0. The van der Waals surface area contributed by atoms with Gasteiger partial charge in [-0.3, -0.25) is 4.79 Å². The molecule has 158 valence electrons. The van der Waals surface area contributed by atoms with E-state index in [0.29, 0.717) is 36.4 Å². The Bertz CT molecular complexity index is 673. The summed E-state index contributed by atoms with van der Waals surface area (Å²) in [7, 11) is -1.90. The van der Waals surface area contributed by atoms with Crippen molar-refractivity contribution in [2.24, 2.45) is 23.7 Å². The van der Waals surface area contributed by atoms with E-state index in [9.17, 15) is 9.59 Å². The van der Waals surface area contributed by atoms with Crippen LogP contribution in [0, 0.1) is 23.7 Å². The van der Waals surface area contributed by atoms with Crippen molar-refractivity contribution in [2.45, 2.75) is 91.0 Å². The Morgan fingerprint density at radius 1 is 1.14 bits per heavy atom. The third kappa shape index (κ3) is 3.89. The highest BCUT2D eigenvalue weighted by molar-refractivity contribution is 6.74. The zero-order valence-corrected chi connectivity index (χ0v) is 19.8. The molecule has 2 fully saturated rings. The lowest BCUT2D eigenvalue weighted by Gasteiger charge is -2.42. The molecule has 3 rings (SSSR count). The molecule has 0 spiro atoms. The van der Waals surface area contributed by atoms with Gasteiger partial charge >= 0.3 is 5.97 Å². The highest BCUT2D eigenvalue weighted by atomic mass is 28.4. The van der Waals surface area contributed by atoms with Crippen molar-refractivity contribution >= 4 is 20.1 Å². The third-order valence-electron chi connectivity index (χ3n) is 7.94. The van der Waals surface area contributed by atoms with Crippen molar-refractivity contribution in [1.82, 2.24) is 0 Å². The highest BCUT2D eigenvalue weighted by Gasteiger charge is 2.50. The summed E-state index contributed by atoms with van der Waals surface area (Å²) < 4.78 is 12.2. The molecule has 0 radical (unpaired) electrons. The summed E-state index contributed by atoms with van der Waals surface area (Å²) in [5.74, 6) is 1.39. The molecule has 3 aliphatic carbocycles. The molecule has 0 heterocycles. The molecule has 0 aliphatic heterocycles. The van der Waals surface area contributed by atoms with Gasteiger partial charge in [0.25, 0.3) is 0 Å². The van der Waals surface area contributed by atoms with E-state index in [2.05, 4.69) is 40.8 Å². The van der Waals surface area contributed by atoms with Gasteiger partial charge in [0.15, 0.2) is 14.1 Å². The minimum Gasteiger partial charge on any atom is -0.462 e. The molecular formula is C23H38O4Si. The van der Waals surface area contributed by atoms with Crippen molar-refractivity contribution in [3.05, 3.63) is 11.1 Å². The van der Waals surface area contributed by atoms with Crippen molar-refractivity contribution in [3.63, 3.8) is 0 Å². The molecule has 0 aromatic heterocycles. The molecule has 0 bridgehead atoms. The van der Waals surface area contributed by atoms with Crippen LogP contribution in [0.1, 0.15) is 66.7 Å². The number of carbonyl (C=O) groups excluding carboxylic acids is 2. The van der Waals surface area contributed by atoms with Gasteiger partial charge in [-0.2, -0.15) is 0 Å². The van der Waals surface area contributed by atoms with Gasteiger partial charge in [0.1, 0.15) is 5.57 Å². The Hall–Kier alpha value is -0.943. The molecule has 0 aromatic rings. The van der Waals surface area contributed by atoms with Gasteiger partial charge in [-0.25, -0.2) is 4.79 Å². The highest BCUT2D eigenvalue weighted by Crippen LogP contribution is 2.53. The molecule has 4 nitrogen and oxygen atoms in total. The first-order valence-corrected chi connectivity index (χ1v) is 14.0. The quantitative estimate of drug-likeness (QED) is 0.362. The molecule has 2 saturated carbocycles. The van der Waals surface area contributed by atoms with E-state index in [0.717, 1.165) is 18.4 Å². The van der Waals surface area contributed by atoms with Crippen LogP contribution >= 0.6 is 0 Å². The van der Waals surface area contributed by atoms with E-state index < -0.39 is 14.3 Å². The maximum absolute atomic E-state index is 12.7. The number of ketones is 1. The summed E-state index contributed by atoms with van der Waals surface area (Å²) in [4.78, 5) is 25.2. The lowest BCUT2D eigenvalue weighted by molar-refractivity contribution is -0.139. The lowest BCUT2D eigenvalue weighted by atomic mass is 9.84. The Labute approximate surface area is 171 Å². The normalized spacial score (nSPS) is 33.5. The minimum atomic E-state index is -1.90. The standard InChI is InChI=1S/C23H38O4Si/c1-8-26-22(25)21-18-13-17-14(2)9-10-16(17)20(12-15(18)11-19(21)24)27-28(6,7)23(3,4)5/h14-17,20H,8-13H2,1-7H3/t14-,15+,16-,17-,20-/m1/s1. The number of hydrogen-bond acceptors (Lipinski definition) is 4. The largest absolute Gasteiger partial charge is 0.462 e. The van der Waals surface area contributed by atoms with E-state index in [-0.39, 0.29) is 22.8 Å². The second kappa shape index (κ2) is 7.71. The molecule has 3 aliphatic rings.